The maximum atomic E-state index is 12.8. The molecule has 0 fully saturated rings. The predicted octanol–water partition coefficient (Wildman–Crippen LogP) is 3.59. The highest BCUT2D eigenvalue weighted by Crippen LogP contribution is 2.32. The second-order valence-corrected chi connectivity index (χ2v) is 7.83. The standard InChI is InChI=1S/C20H18N4O4S/c1-23-18(12-28-15-9-7-14(8-10-15)24(26)27)21-22-20(23)29-17-11-6-13-4-2-3-5-16(13)19(17)25/h2-5,7-10,17H,6,11-12H2,1H3/t17-/m1/s1. The Bertz CT molecular complexity index is 1060. The molecular weight excluding hydrogens is 392 g/mol. The Hall–Kier alpha value is -3.20. The molecular formula is C20H18N4O4S. The minimum atomic E-state index is -0.457. The van der Waals surface area contributed by atoms with E-state index in [1.54, 1.807) is 12.1 Å². The monoisotopic (exact) mass is 410 g/mol. The molecule has 1 atom stereocenters. The van der Waals surface area contributed by atoms with Crippen molar-refractivity contribution < 1.29 is 14.5 Å². The van der Waals surface area contributed by atoms with Gasteiger partial charge in [0, 0.05) is 24.7 Å². The first-order valence-electron chi connectivity index (χ1n) is 9.07. The minimum Gasteiger partial charge on any atom is -0.486 e. The van der Waals surface area contributed by atoms with E-state index in [0.29, 0.717) is 16.7 Å². The highest BCUT2D eigenvalue weighted by atomic mass is 32.2. The number of rotatable bonds is 6. The molecule has 0 saturated heterocycles. The molecule has 9 heteroatoms. The van der Waals surface area contributed by atoms with Crippen molar-refractivity contribution in [3.63, 3.8) is 0 Å². The molecule has 0 amide bonds. The van der Waals surface area contributed by atoms with Crippen LogP contribution in [0.4, 0.5) is 5.69 Å². The van der Waals surface area contributed by atoms with E-state index in [0.717, 1.165) is 24.0 Å². The summed E-state index contributed by atoms with van der Waals surface area (Å²) >= 11 is 1.42. The van der Waals surface area contributed by atoms with Gasteiger partial charge in [0.25, 0.3) is 5.69 Å². The molecule has 1 heterocycles. The van der Waals surface area contributed by atoms with Gasteiger partial charge >= 0.3 is 0 Å². The average molecular weight is 410 g/mol. The van der Waals surface area contributed by atoms with Gasteiger partial charge in [-0.3, -0.25) is 14.9 Å². The van der Waals surface area contributed by atoms with Gasteiger partial charge in [-0.15, -0.1) is 10.2 Å². The van der Waals surface area contributed by atoms with Crippen LogP contribution in [0.25, 0.3) is 0 Å². The quantitative estimate of drug-likeness (QED) is 0.452. The number of non-ortho nitro benzene ring substituents is 1. The normalized spacial score (nSPS) is 15.8. The van der Waals surface area contributed by atoms with Crippen LogP contribution in [0.15, 0.2) is 53.7 Å². The zero-order valence-electron chi connectivity index (χ0n) is 15.6. The van der Waals surface area contributed by atoms with Crippen molar-refractivity contribution in [2.24, 2.45) is 7.05 Å². The Balaban J connectivity index is 1.41. The number of nitro benzene ring substituents is 1. The number of carbonyl (C=O) groups is 1. The van der Waals surface area contributed by atoms with Crippen molar-refractivity contribution in [3.05, 3.63) is 75.6 Å². The Morgan fingerprint density at radius 2 is 1.97 bits per heavy atom. The van der Waals surface area contributed by atoms with Gasteiger partial charge in [0.1, 0.15) is 12.4 Å². The fourth-order valence-corrected chi connectivity index (χ4v) is 4.27. The first-order chi connectivity index (χ1) is 14.0. The van der Waals surface area contributed by atoms with Crippen LogP contribution in [0.2, 0.25) is 0 Å². The number of carbonyl (C=O) groups excluding carboxylic acids is 1. The van der Waals surface area contributed by atoms with Gasteiger partial charge in [0.05, 0.1) is 10.2 Å². The number of Topliss-reactive ketones (excluding diaryl/α,β-unsaturated/α-hetero) is 1. The van der Waals surface area contributed by atoms with Crippen molar-refractivity contribution in [1.82, 2.24) is 14.8 Å². The molecule has 0 spiro atoms. The van der Waals surface area contributed by atoms with Crippen molar-refractivity contribution in [2.75, 3.05) is 0 Å². The summed E-state index contributed by atoms with van der Waals surface area (Å²) in [5.41, 5.74) is 1.90. The number of nitrogens with zero attached hydrogens (tertiary/aromatic N) is 4. The summed E-state index contributed by atoms with van der Waals surface area (Å²) in [6.07, 6.45) is 1.63. The second kappa shape index (κ2) is 8.04. The number of ether oxygens (including phenoxy) is 1. The molecule has 0 aliphatic heterocycles. The maximum Gasteiger partial charge on any atom is 0.269 e. The van der Waals surface area contributed by atoms with Crippen LogP contribution in [-0.2, 0) is 20.1 Å². The number of fused-ring (bicyclic) bond motifs is 1. The summed E-state index contributed by atoms with van der Waals surface area (Å²) in [6.45, 7) is 0.170. The fourth-order valence-electron chi connectivity index (χ4n) is 3.19. The van der Waals surface area contributed by atoms with Crippen molar-refractivity contribution in [2.45, 2.75) is 29.9 Å². The Morgan fingerprint density at radius 3 is 2.72 bits per heavy atom. The van der Waals surface area contributed by atoms with Gasteiger partial charge in [0.15, 0.2) is 16.8 Å². The Morgan fingerprint density at radius 1 is 1.21 bits per heavy atom. The summed E-state index contributed by atoms with van der Waals surface area (Å²) in [7, 11) is 1.83. The second-order valence-electron chi connectivity index (χ2n) is 6.66. The molecule has 0 N–H and O–H groups in total. The van der Waals surface area contributed by atoms with E-state index in [4.69, 9.17) is 4.74 Å². The number of thioether (sulfide) groups is 1. The number of nitro groups is 1. The third kappa shape index (κ3) is 4.00. The molecule has 1 aliphatic rings. The summed E-state index contributed by atoms with van der Waals surface area (Å²) in [5.74, 6) is 1.24. The molecule has 0 radical (unpaired) electrons. The number of hydrogen-bond donors (Lipinski definition) is 0. The van der Waals surface area contributed by atoms with E-state index in [2.05, 4.69) is 10.2 Å². The highest BCUT2D eigenvalue weighted by Gasteiger charge is 2.29. The highest BCUT2D eigenvalue weighted by molar-refractivity contribution is 8.00. The van der Waals surface area contributed by atoms with E-state index in [9.17, 15) is 14.9 Å². The van der Waals surface area contributed by atoms with Crippen LogP contribution >= 0.6 is 11.8 Å². The first-order valence-corrected chi connectivity index (χ1v) is 9.95. The average Bonchev–Trinajstić information content (AvgIpc) is 3.08. The van der Waals surface area contributed by atoms with Gasteiger partial charge in [-0.05, 0) is 30.5 Å². The predicted molar refractivity (Wildman–Crippen MR) is 107 cm³/mol. The number of aryl methyl sites for hydroxylation is 1. The van der Waals surface area contributed by atoms with Crippen LogP contribution in [0, 0.1) is 10.1 Å². The van der Waals surface area contributed by atoms with Gasteiger partial charge in [-0.2, -0.15) is 0 Å². The summed E-state index contributed by atoms with van der Waals surface area (Å²) in [6, 6.07) is 13.6. The van der Waals surface area contributed by atoms with E-state index in [-0.39, 0.29) is 23.3 Å². The van der Waals surface area contributed by atoms with E-state index in [1.165, 1.54) is 23.9 Å². The molecule has 8 nitrogen and oxygen atoms in total. The van der Waals surface area contributed by atoms with Crippen LogP contribution in [0.3, 0.4) is 0 Å². The number of benzene rings is 2. The molecule has 4 rings (SSSR count). The van der Waals surface area contributed by atoms with Crippen molar-refractivity contribution in [1.29, 1.82) is 0 Å². The molecule has 0 unspecified atom stereocenters. The summed E-state index contributed by atoms with van der Waals surface area (Å²) < 4.78 is 7.47. The molecule has 3 aromatic rings. The zero-order chi connectivity index (χ0) is 20.4. The topological polar surface area (TPSA) is 100 Å². The Kier molecular flexibility index (Phi) is 5.30. The zero-order valence-corrected chi connectivity index (χ0v) is 16.5. The SMILES string of the molecule is Cn1c(COc2ccc([N+](=O)[O-])cc2)nnc1S[C@@H]1CCc2ccccc2C1=O. The minimum absolute atomic E-state index is 0.00779. The molecule has 1 aromatic heterocycles. The lowest BCUT2D eigenvalue weighted by Gasteiger charge is -2.22. The molecule has 1 aliphatic carbocycles. The summed E-state index contributed by atoms with van der Waals surface area (Å²) in [4.78, 5) is 23.0. The van der Waals surface area contributed by atoms with Gasteiger partial charge in [-0.25, -0.2) is 0 Å². The van der Waals surface area contributed by atoms with E-state index < -0.39 is 4.92 Å². The molecule has 29 heavy (non-hydrogen) atoms. The summed E-state index contributed by atoms with van der Waals surface area (Å²) in [5, 5.41) is 19.5. The van der Waals surface area contributed by atoms with Crippen LogP contribution in [0.1, 0.15) is 28.2 Å². The largest absolute Gasteiger partial charge is 0.486 e. The van der Waals surface area contributed by atoms with Gasteiger partial charge in [-0.1, -0.05) is 36.0 Å². The van der Waals surface area contributed by atoms with Crippen molar-refractivity contribution >= 4 is 23.2 Å². The van der Waals surface area contributed by atoms with Crippen LogP contribution in [0.5, 0.6) is 5.75 Å². The maximum absolute atomic E-state index is 12.8. The molecule has 148 valence electrons. The third-order valence-electron chi connectivity index (χ3n) is 4.84. The number of aromatic nitrogens is 3. The van der Waals surface area contributed by atoms with Gasteiger partial charge in [0.2, 0.25) is 0 Å². The molecule has 0 saturated carbocycles. The van der Waals surface area contributed by atoms with E-state index in [1.807, 2.05) is 35.9 Å². The lowest BCUT2D eigenvalue weighted by molar-refractivity contribution is -0.384. The number of hydrogen-bond acceptors (Lipinski definition) is 7. The lowest BCUT2D eigenvalue weighted by atomic mass is 9.90. The molecule has 2 aromatic carbocycles. The lowest BCUT2D eigenvalue weighted by Crippen LogP contribution is -2.25. The first kappa shape index (κ1) is 19.1. The Labute approximate surface area is 171 Å². The van der Waals surface area contributed by atoms with Crippen LogP contribution < -0.4 is 4.74 Å². The van der Waals surface area contributed by atoms with Crippen molar-refractivity contribution in [3.8, 4) is 5.75 Å². The number of ketones is 1. The van der Waals surface area contributed by atoms with E-state index >= 15 is 0 Å². The molecule has 0 bridgehead atoms. The van der Waals surface area contributed by atoms with Crippen LogP contribution in [-0.4, -0.2) is 30.7 Å². The third-order valence-corrected chi connectivity index (χ3v) is 6.14. The van der Waals surface area contributed by atoms with Gasteiger partial charge < -0.3 is 9.30 Å². The smallest absolute Gasteiger partial charge is 0.269 e. The fraction of sp³-hybridized carbons (Fsp3) is 0.250.